The van der Waals surface area contributed by atoms with Gasteiger partial charge in [-0.1, -0.05) is 20.8 Å². The van der Waals surface area contributed by atoms with E-state index in [1.165, 1.54) is 0 Å². The van der Waals surface area contributed by atoms with Crippen molar-refractivity contribution in [3.63, 3.8) is 0 Å². The molecule has 1 unspecified atom stereocenters. The second-order valence-corrected chi connectivity index (χ2v) is 3.62. The van der Waals surface area contributed by atoms with Crippen molar-refractivity contribution >= 4 is 6.21 Å². The fourth-order valence-electron chi connectivity index (χ4n) is 1.20. The summed E-state index contributed by atoms with van der Waals surface area (Å²) in [5.74, 6) is 1.18. The highest BCUT2D eigenvalue weighted by molar-refractivity contribution is 5.64. The maximum Gasteiger partial charge on any atom is 0.0618 e. The number of rotatable bonds is 1. The highest BCUT2D eigenvalue weighted by Gasteiger charge is 2.36. The zero-order chi connectivity index (χ0) is 7.78. The summed E-state index contributed by atoms with van der Waals surface area (Å²) >= 11 is 0. The Labute approximate surface area is 62.7 Å². The molecule has 2 atom stereocenters. The van der Waals surface area contributed by atoms with Gasteiger partial charge in [-0.25, -0.2) is 0 Å². The normalized spacial score (nSPS) is 38.7. The van der Waals surface area contributed by atoms with Crippen LogP contribution in [0.5, 0.6) is 0 Å². The van der Waals surface area contributed by atoms with Gasteiger partial charge in [-0.15, -0.1) is 0 Å². The second kappa shape index (κ2) is 2.26. The molecule has 1 N–H and O–H groups in total. The van der Waals surface area contributed by atoms with Crippen molar-refractivity contribution in [3.05, 3.63) is 0 Å². The minimum absolute atomic E-state index is 0.181. The Bertz CT molecular complexity index is 151. The number of nitrogens with zero attached hydrogens (tertiary/aromatic N) is 1. The zero-order valence-electron chi connectivity index (χ0n) is 7.18. The lowest BCUT2D eigenvalue weighted by atomic mass is 9.80. The molecule has 0 saturated heterocycles. The predicted molar refractivity (Wildman–Crippen MR) is 44.0 cm³/mol. The van der Waals surface area contributed by atoms with Gasteiger partial charge in [-0.2, -0.15) is 5.10 Å². The first kappa shape index (κ1) is 7.58. The van der Waals surface area contributed by atoms with Crippen molar-refractivity contribution in [2.24, 2.45) is 16.9 Å². The van der Waals surface area contributed by atoms with Crippen LogP contribution in [-0.4, -0.2) is 11.8 Å². The Hall–Kier alpha value is -0.530. The number of hydrogen-bond donors (Lipinski definition) is 1. The number of nitrogens with one attached hydrogen (secondary N) is 1. The highest BCUT2D eigenvalue weighted by Crippen LogP contribution is 2.27. The van der Waals surface area contributed by atoms with Crippen LogP contribution in [0.2, 0.25) is 0 Å². The van der Waals surface area contributed by atoms with Gasteiger partial charge in [0, 0.05) is 12.1 Å². The Morgan fingerprint density at radius 2 is 2.20 bits per heavy atom. The van der Waals surface area contributed by atoms with E-state index in [1.807, 2.05) is 6.21 Å². The van der Waals surface area contributed by atoms with E-state index in [-0.39, 0.29) is 5.54 Å². The average Bonchev–Trinajstić information content (AvgIpc) is 2.15. The van der Waals surface area contributed by atoms with Gasteiger partial charge in [0.2, 0.25) is 0 Å². The molecule has 1 heterocycles. The summed E-state index contributed by atoms with van der Waals surface area (Å²) in [7, 11) is 0. The van der Waals surface area contributed by atoms with Crippen LogP contribution in [0.4, 0.5) is 0 Å². The average molecular weight is 140 g/mol. The van der Waals surface area contributed by atoms with Crippen LogP contribution in [-0.2, 0) is 0 Å². The third kappa shape index (κ3) is 0.917. The fraction of sp³-hybridized carbons (Fsp3) is 0.875. The van der Waals surface area contributed by atoms with E-state index in [0.29, 0.717) is 11.8 Å². The van der Waals surface area contributed by atoms with Crippen LogP contribution in [0.15, 0.2) is 5.10 Å². The molecular formula is C8H16N2. The summed E-state index contributed by atoms with van der Waals surface area (Å²) in [6.07, 6.45) is 1.99. The Balaban J connectivity index is 2.71. The van der Waals surface area contributed by atoms with Gasteiger partial charge in [0.15, 0.2) is 0 Å². The number of hydrogen-bond acceptors (Lipinski definition) is 2. The monoisotopic (exact) mass is 140 g/mol. The van der Waals surface area contributed by atoms with E-state index in [4.69, 9.17) is 0 Å². The molecule has 2 nitrogen and oxygen atoms in total. The lowest BCUT2D eigenvalue weighted by molar-refractivity contribution is 0.243. The molecule has 0 spiro atoms. The summed E-state index contributed by atoms with van der Waals surface area (Å²) in [6.45, 7) is 8.86. The van der Waals surface area contributed by atoms with E-state index in [0.717, 1.165) is 0 Å². The van der Waals surface area contributed by atoms with Crippen LogP contribution in [0.3, 0.4) is 0 Å². The first-order valence-corrected chi connectivity index (χ1v) is 3.87. The molecule has 0 aromatic rings. The van der Waals surface area contributed by atoms with Crippen LogP contribution in [0.25, 0.3) is 0 Å². The lowest BCUT2D eigenvalue weighted by Crippen LogP contribution is -2.45. The molecule has 1 rings (SSSR count). The van der Waals surface area contributed by atoms with Gasteiger partial charge >= 0.3 is 0 Å². The molecule has 10 heavy (non-hydrogen) atoms. The fourth-order valence-corrected chi connectivity index (χ4v) is 1.20. The van der Waals surface area contributed by atoms with Gasteiger partial charge in [0.25, 0.3) is 0 Å². The van der Waals surface area contributed by atoms with Crippen molar-refractivity contribution < 1.29 is 0 Å². The van der Waals surface area contributed by atoms with Crippen LogP contribution >= 0.6 is 0 Å². The second-order valence-electron chi connectivity index (χ2n) is 3.62. The van der Waals surface area contributed by atoms with Gasteiger partial charge in [-0.3, -0.25) is 0 Å². The van der Waals surface area contributed by atoms with E-state index in [1.54, 1.807) is 0 Å². The maximum absolute atomic E-state index is 4.06. The highest BCUT2D eigenvalue weighted by atomic mass is 15.4. The summed E-state index contributed by atoms with van der Waals surface area (Å²) in [4.78, 5) is 0. The van der Waals surface area contributed by atoms with Crippen LogP contribution < -0.4 is 5.43 Å². The molecule has 0 saturated carbocycles. The molecular weight excluding hydrogens is 124 g/mol. The third-order valence-corrected chi connectivity index (χ3v) is 2.75. The molecule has 0 radical (unpaired) electrons. The standard InChI is InChI=1S/C8H16N2/c1-6(2)8(4)7(3)5-9-10-8/h5-7,10H,1-4H3/t7?,8-/m0/s1. The molecule has 0 fully saturated rings. The third-order valence-electron chi connectivity index (χ3n) is 2.75. The topological polar surface area (TPSA) is 24.4 Å². The van der Waals surface area contributed by atoms with Crippen LogP contribution in [0.1, 0.15) is 27.7 Å². The number of hydrazone groups is 1. The van der Waals surface area contributed by atoms with E-state index in [9.17, 15) is 0 Å². The van der Waals surface area contributed by atoms with E-state index >= 15 is 0 Å². The van der Waals surface area contributed by atoms with Gasteiger partial charge < -0.3 is 5.43 Å². The minimum Gasteiger partial charge on any atom is -0.304 e. The molecule has 1 aliphatic heterocycles. The van der Waals surface area contributed by atoms with Crippen molar-refractivity contribution in [1.29, 1.82) is 0 Å². The Morgan fingerprint density at radius 1 is 1.60 bits per heavy atom. The molecule has 2 heteroatoms. The summed E-state index contributed by atoms with van der Waals surface area (Å²) < 4.78 is 0. The first-order chi connectivity index (χ1) is 4.57. The van der Waals surface area contributed by atoms with Gasteiger partial charge in [0.1, 0.15) is 0 Å². The summed E-state index contributed by atoms with van der Waals surface area (Å²) in [5, 5.41) is 4.06. The molecule has 0 aliphatic carbocycles. The molecule has 0 aromatic heterocycles. The van der Waals surface area contributed by atoms with Crippen molar-refractivity contribution in [2.75, 3.05) is 0 Å². The summed E-state index contributed by atoms with van der Waals surface area (Å²) in [5.41, 5.74) is 3.33. The first-order valence-electron chi connectivity index (χ1n) is 3.87. The van der Waals surface area contributed by atoms with E-state index < -0.39 is 0 Å². The van der Waals surface area contributed by atoms with Gasteiger partial charge in [0.05, 0.1) is 5.54 Å². The van der Waals surface area contributed by atoms with Gasteiger partial charge in [-0.05, 0) is 12.8 Å². The van der Waals surface area contributed by atoms with Crippen molar-refractivity contribution in [1.82, 2.24) is 5.43 Å². The van der Waals surface area contributed by atoms with E-state index in [2.05, 4.69) is 38.2 Å². The molecule has 0 bridgehead atoms. The van der Waals surface area contributed by atoms with Crippen LogP contribution in [0, 0.1) is 11.8 Å². The Morgan fingerprint density at radius 3 is 2.40 bits per heavy atom. The van der Waals surface area contributed by atoms with Crippen molar-refractivity contribution in [3.8, 4) is 0 Å². The Kier molecular flexibility index (Phi) is 1.71. The minimum atomic E-state index is 0.181. The zero-order valence-corrected chi connectivity index (χ0v) is 7.18. The summed E-state index contributed by atoms with van der Waals surface area (Å²) in [6, 6.07) is 0. The SMILES string of the molecule is CC(C)[C@]1(C)NN=CC1C. The maximum atomic E-state index is 4.06. The smallest absolute Gasteiger partial charge is 0.0618 e. The predicted octanol–water partition coefficient (Wildman–Crippen LogP) is 1.63. The quantitative estimate of drug-likeness (QED) is 0.588. The molecule has 0 amide bonds. The molecule has 1 aliphatic rings. The van der Waals surface area contributed by atoms with Crippen molar-refractivity contribution in [2.45, 2.75) is 33.2 Å². The molecule has 0 aromatic carbocycles. The lowest BCUT2D eigenvalue weighted by Gasteiger charge is -2.32. The largest absolute Gasteiger partial charge is 0.304 e. The molecule has 58 valence electrons.